The van der Waals surface area contributed by atoms with Crippen LogP contribution >= 0.6 is 38.9 Å². The molecule has 3 heterocycles. The van der Waals surface area contributed by atoms with E-state index in [1.807, 2.05) is 44.2 Å². The molecule has 9 nitrogen and oxygen atoms in total. The minimum atomic E-state index is -1.05. The molecule has 3 aromatic heterocycles. The lowest BCUT2D eigenvalue weighted by Crippen LogP contribution is -2.28. The molecule has 0 spiro atoms. The highest BCUT2D eigenvalue weighted by atomic mass is 79.9. The Morgan fingerprint density at radius 2 is 1.76 bits per heavy atom. The molecule has 210 valence electrons. The summed E-state index contributed by atoms with van der Waals surface area (Å²) in [7, 11) is 0. The predicted octanol–water partition coefficient (Wildman–Crippen LogP) is 6.07. The Labute approximate surface area is 252 Å². The average molecular weight is 655 g/mol. The van der Waals surface area contributed by atoms with Crippen LogP contribution in [0.1, 0.15) is 56.5 Å². The third-order valence-electron chi connectivity index (χ3n) is 6.71. The largest absolute Gasteiger partial charge is 0.480 e. The summed E-state index contributed by atoms with van der Waals surface area (Å²) in [5.74, 6) is -1.33. The van der Waals surface area contributed by atoms with E-state index in [0.717, 1.165) is 15.8 Å². The minimum Gasteiger partial charge on any atom is -0.480 e. The van der Waals surface area contributed by atoms with Gasteiger partial charge in [0.25, 0.3) is 5.91 Å². The van der Waals surface area contributed by atoms with Gasteiger partial charge in [-0.15, -0.1) is 21.5 Å². The number of nitrogens with one attached hydrogen (secondary N) is 1. The summed E-state index contributed by atoms with van der Waals surface area (Å²) in [6, 6.07) is 16.1. The van der Waals surface area contributed by atoms with Crippen LogP contribution in [0.3, 0.4) is 0 Å². The van der Waals surface area contributed by atoms with Crippen molar-refractivity contribution in [1.82, 2.24) is 24.6 Å². The number of ketones is 1. The number of fused-ring (bicyclic) bond motifs is 1. The van der Waals surface area contributed by atoms with Gasteiger partial charge in [0.2, 0.25) is 4.73 Å². The Bertz CT molecular complexity index is 1810. The quantitative estimate of drug-likeness (QED) is 0.177. The molecule has 0 aliphatic carbocycles. The third-order valence-corrected chi connectivity index (χ3v) is 8.82. The van der Waals surface area contributed by atoms with E-state index in [2.05, 4.69) is 31.4 Å². The summed E-state index contributed by atoms with van der Waals surface area (Å²) >= 11 is 11.2. The first-order chi connectivity index (χ1) is 19.7. The molecular weight excluding hydrogens is 630 g/mol. The maximum atomic E-state index is 13.6. The summed E-state index contributed by atoms with van der Waals surface area (Å²) in [5.41, 5.74) is 2.56. The fourth-order valence-corrected chi connectivity index (χ4v) is 6.78. The Morgan fingerprint density at radius 3 is 2.46 bits per heavy atom. The zero-order valence-corrected chi connectivity index (χ0v) is 25.3. The molecule has 0 saturated carbocycles. The first kappa shape index (κ1) is 28.7. The summed E-state index contributed by atoms with van der Waals surface area (Å²) in [6.45, 7) is 3.56. The Balaban J connectivity index is 1.51. The number of hydrogen-bond donors (Lipinski definition) is 2. The number of carboxylic acid groups (broad SMARTS) is 1. The van der Waals surface area contributed by atoms with E-state index in [1.165, 1.54) is 15.9 Å². The Kier molecular flexibility index (Phi) is 8.39. The highest BCUT2D eigenvalue weighted by Gasteiger charge is 2.26. The van der Waals surface area contributed by atoms with Gasteiger partial charge in [-0.25, -0.2) is 0 Å². The maximum absolute atomic E-state index is 13.6. The maximum Gasteiger partial charge on any atom is 0.323 e. The number of carbonyl (C=O) groups is 3. The number of aromatic nitrogens is 4. The Hall–Kier alpha value is -3.80. The zero-order chi connectivity index (χ0) is 29.3. The first-order valence-electron chi connectivity index (χ1n) is 12.9. The monoisotopic (exact) mass is 653 g/mol. The van der Waals surface area contributed by atoms with E-state index in [4.69, 9.17) is 11.6 Å². The van der Waals surface area contributed by atoms with Crippen LogP contribution in [-0.4, -0.2) is 42.1 Å². The highest BCUT2D eigenvalue weighted by Crippen LogP contribution is 2.33. The number of amides is 1. The number of aryl methyl sites for hydroxylation is 2. The van der Waals surface area contributed by atoms with Gasteiger partial charge in [-0.1, -0.05) is 55.8 Å². The molecule has 12 heteroatoms. The lowest BCUT2D eigenvalue weighted by Gasteiger charge is -2.12. The van der Waals surface area contributed by atoms with Crippen LogP contribution in [-0.2, 0) is 30.7 Å². The van der Waals surface area contributed by atoms with E-state index < -0.39 is 11.9 Å². The van der Waals surface area contributed by atoms with E-state index in [9.17, 15) is 19.5 Å². The van der Waals surface area contributed by atoms with Crippen LogP contribution in [0.5, 0.6) is 0 Å². The molecule has 0 atom stereocenters. The summed E-state index contributed by atoms with van der Waals surface area (Å²) in [4.78, 5) is 39.9. The highest BCUT2D eigenvalue weighted by molar-refractivity contribution is 9.10. The number of carboxylic acids is 1. The normalized spacial score (nSPS) is 11.2. The average Bonchev–Trinajstić information content (AvgIpc) is 3.64. The number of hydrogen-bond acceptors (Lipinski definition) is 6. The molecule has 41 heavy (non-hydrogen) atoms. The molecule has 0 radical (unpaired) electrons. The van der Waals surface area contributed by atoms with Crippen molar-refractivity contribution in [2.24, 2.45) is 0 Å². The molecule has 0 unspecified atom stereocenters. The van der Waals surface area contributed by atoms with E-state index in [0.29, 0.717) is 55.8 Å². The number of carbonyl (C=O) groups excluding carboxylic acids is 2. The number of aliphatic carboxylic acids is 1. The van der Waals surface area contributed by atoms with Gasteiger partial charge in [-0.05, 0) is 58.6 Å². The molecule has 0 bridgehead atoms. The topological polar surface area (TPSA) is 119 Å². The molecule has 0 aliphatic heterocycles. The fourth-order valence-electron chi connectivity index (χ4n) is 4.87. The van der Waals surface area contributed by atoms with Crippen molar-refractivity contribution in [1.29, 1.82) is 0 Å². The molecule has 1 amide bonds. The summed E-state index contributed by atoms with van der Waals surface area (Å²) in [5, 5.41) is 22.7. The van der Waals surface area contributed by atoms with Crippen LogP contribution < -0.4 is 5.32 Å². The number of rotatable bonds is 10. The van der Waals surface area contributed by atoms with Gasteiger partial charge in [-0.3, -0.25) is 19.0 Å². The van der Waals surface area contributed by atoms with E-state index >= 15 is 0 Å². The number of nitrogens with zero attached hydrogens (tertiary/aromatic N) is 4. The third kappa shape index (κ3) is 5.44. The summed E-state index contributed by atoms with van der Waals surface area (Å²) in [6.07, 6.45) is 1.26. The second kappa shape index (κ2) is 12.0. The van der Waals surface area contributed by atoms with Crippen molar-refractivity contribution >= 4 is 67.4 Å². The zero-order valence-electron chi connectivity index (χ0n) is 22.1. The lowest BCUT2D eigenvalue weighted by atomic mass is 10.0. The van der Waals surface area contributed by atoms with Crippen LogP contribution in [0.4, 0.5) is 0 Å². The van der Waals surface area contributed by atoms with Gasteiger partial charge in [-0.2, -0.15) is 0 Å². The number of para-hydroxylation sites is 1. The van der Waals surface area contributed by atoms with Gasteiger partial charge < -0.3 is 15.0 Å². The molecule has 2 N–H and O–H groups in total. The van der Waals surface area contributed by atoms with Crippen LogP contribution in [0.15, 0.2) is 59.3 Å². The molecule has 5 rings (SSSR count). The molecule has 0 aliphatic rings. The Morgan fingerprint density at radius 1 is 1.02 bits per heavy atom. The van der Waals surface area contributed by atoms with E-state index in [1.54, 1.807) is 28.8 Å². The molecule has 0 saturated heterocycles. The number of halogens is 2. The summed E-state index contributed by atoms with van der Waals surface area (Å²) < 4.78 is 3.59. The van der Waals surface area contributed by atoms with Gasteiger partial charge in [0.15, 0.2) is 11.6 Å². The lowest BCUT2D eigenvalue weighted by molar-refractivity contribution is -0.137. The first-order valence-corrected chi connectivity index (χ1v) is 14.9. The van der Waals surface area contributed by atoms with Crippen LogP contribution in [0.25, 0.3) is 15.9 Å². The minimum absolute atomic E-state index is 0.0196. The SMILES string of the molecule is CCc1cc(C(=O)c2ccccc2Cl)c(-n2c(Br)nnc2CNC(=O)c2c(CC)c3ccccc3n2CC(=O)O)s1. The second-order valence-electron chi connectivity index (χ2n) is 9.18. The van der Waals surface area contributed by atoms with Crippen LogP contribution in [0.2, 0.25) is 5.02 Å². The number of benzene rings is 2. The van der Waals surface area contributed by atoms with Crippen molar-refractivity contribution in [3.8, 4) is 5.00 Å². The van der Waals surface area contributed by atoms with Crippen LogP contribution in [0, 0.1) is 0 Å². The van der Waals surface area contributed by atoms with Gasteiger partial charge in [0, 0.05) is 21.3 Å². The van der Waals surface area contributed by atoms with Gasteiger partial charge in [0.05, 0.1) is 17.1 Å². The second-order valence-corrected chi connectivity index (χ2v) is 11.4. The molecule has 2 aromatic carbocycles. The fraction of sp³-hybridized carbons (Fsp3) is 0.207. The van der Waals surface area contributed by atoms with E-state index in [-0.39, 0.29) is 18.9 Å². The predicted molar refractivity (Wildman–Crippen MR) is 161 cm³/mol. The van der Waals surface area contributed by atoms with Gasteiger partial charge >= 0.3 is 5.97 Å². The number of thiophene rings is 1. The van der Waals surface area contributed by atoms with Crippen molar-refractivity contribution in [3.63, 3.8) is 0 Å². The van der Waals surface area contributed by atoms with Gasteiger partial charge in [0.1, 0.15) is 17.2 Å². The molecule has 0 fully saturated rings. The van der Waals surface area contributed by atoms with Crippen molar-refractivity contribution in [2.75, 3.05) is 0 Å². The molecular formula is C29H25BrClN5O4S. The van der Waals surface area contributed by atoms with Crippen molar-refractivity contribution < 1.29 is 19.5 Å². The molecule has 5 aromatic rings. The smallest absolute Gasteiger partial charge is 0.323 e. The van der Waals surface area contributed by atoms with Crippen molar-refractivity contribution in [3.05, 3.63) is 97.4 Å². The van der Waals surface area contributed by atoms with Crippen molar-refractivity contribution in [2.45, 2.75) is 39.8 Å². The standard InChI is InChI=1S/C29H25BrClN5O4S/c1-3-16-13-20(26(39)19-10-5-7-11-21(19)31)28(41-16)36-23(33-34-29(36)30)14-32-27(40)25-17(4-2)18-9-6-8-12-22(18)35(25)15-24(37)38/h5-13H,3-4,14-15H2,1-2H3,(H,32,40)(H,37,38).